The Morgan fingerprint density at radius 3 is 2.71 bits per heavy atom. The van der Waals surface area contributed by atoms with E-state index < -0.39 is 15.8 Å². The fourth-order valence-electron chi connectivity index (χ4n) is 1.34. The molecule has 96 valence electrons. The molecule has 0 fully saturated rings. The van der Waals surface area contributed by atoms with Crippen LogP contribution in [0.5, 0.6) is 0 Å². The zero-order valence-corrected chi connectivity index (χ0v) is 11.3. The van der Waals surface area contributed by atoms with Crippen molar-refractivity contribution in [3.63, 3.8) is 0 Å². The number of thiophene rings is 1. The van der Waals surface area contributed by atoms with Crippen LogP contribution in [-0.4, -0.2) is 50.0 Å². The Morgan fingerprint density at radius 2 is 2.18 bits per heavy atom. The monoisotopic (exact) mass is 277 g/mol. The van der Waals surface area contributed by atoms with Gasteiger partial charge in [0.25, 0.3) is 0 Å². The van der Waals surface area contributed by atoms with Crippen LogP contribution in [-0.2, 0) is 16.4 Å². The van der Waals surface area contributed by atoms with E-state index in [1.165, 1.54) is 17.6 Å². The van der Waals surface area contributed by atoms with Crippen molar-refractivity contribution in [3.8, 4) is 0 Å². The summed E-state index contributed by atoms with van der Waals surface area (Å²) in [6, 6.07) is 1.76. The average molecular weight is 277 g/mol. The van der Waals surface area contributed by atoms with Gasteiger partial charge in [-0.3, -0.25) is 0 Å². The number of carbonyl (C=O) groups is 1. The molecule has 0 bridgehead atoms. The van der Waals surface area contributed by atoms with Gasteiger partial charge >= 0.3 is 5.97 Å². The Morgan fingerprint density at radius 1 is 1.53 bits per heavy atom. The summed E-state index contributed by atoms with van der Waals surface area (Å²) in [4.78, 5) is 13.0. The Hall–Kier alpha value is -0.920. The van der Waals surface area contributed by atoms with Gasteiger partial charge in [0.15, 0.2) is 0 Å². The number of hydrogen-bond donors (Lipinski definition) is 1. The topological polar surface area (TPSA) is 74.7 Å². The molecule has 5 nitrogen and oxygen atoms in total. The Labute approximate surface area is 105 Å². The number of sulfone groups is 1. The van der Waals surface area contributed by atoms with Crippen molar-refractivity contribution in [1.29, 1.82) is 0 Å². The predicted molar refractivity (Wildman–Crippen MR) is 67.3 cm³/mol. The minimum absolute atomic E-state index is 0.0794. The lowest BCUT2D eigenvalue weighted by Gasteiger charge is -2.15. The van der Waals surface area contributed by atoms with E-state index in [0.717, 1.165) is 5.56 Å². The Bertz CT molecular complexity index is 492. The predicted octanol–water partition coefficient (Wildman–Crippen LogP) is 0.923. The van der Waals surface area contributed by atoms with Crippen LogP contribution < -0.4 is 0 Å². The smallest absolute Gasteiger partial charge is 0.346 e. The second kappa shape index (κ2) is 5.61. The van der Waals surface area contributed by atoms with Gasteiger partial charge in [-0.15, -0.1) is 11.3 Å². The highest BCUT2D eigenvalue weighted by molar-refractivity contribution is 7.90. The number of hydrogen-bond acceptors (Lipinski definition) is 5. The molecule has 0 atom stereocenters. The first kappa shape index (κ1) is 14.1. The highest BCUT2D eigenvalue weighted by atomic mass is 32.2. The van der Waals surface area contributed by atoms with Crippen molar-refractivity contribution in [3.05, 3.63) is 21.9 Å². The molecule has 1 aromatic heterocycles. The van der Waals surface area contributed by atoms with E-state index in [2.05, 4.69) is 0 Å². The summed E-state index contributed by atoms with van der Waals surface area (Å²) in [5.41, 5.74) is 0.721. The van der Waals surface area contributed by atoms with Gasteiger partial charge in [0.05, 0.1) is 5.75 Å². The first-order chi connectivity index (χ1) is 7.79. The number of aromatic carboxylic acids is 1. The standard InChI is InChI=1S/C10H15NO4S2/c1-11(4-6-17(2,14)15)7-8-3-5-16-9(8)10(12)13/h3,5H,4,6-7H2,1-2H3,(H,12,13). The van der Waals surface area contributed by atoms with Crippen molar-refractivity contribution in [2.24, 2.45) is 0 Å². The van der Waals surface area contributed by atoms with E-state index in [1.807, 2.05) is 0 Å². The molecule has 0 saturated heterocycles. The van der Waals surface area contributed by atoms with Crippen LogP contribution in [0.15, 0.2) is 11.4 Å². The van der Waals surface area contributed by atoms with Crippen molar-refractivity contribution in [2.75, 3.05) is 25.6 Å². The summed E-state index contributed by atoms with van der Waals surface area (Å²) < 4.78 is 22.0. The van der Waals surface area contributed by atoms with Crippen LogP contribution >= 0.6 is 11.3 Å². The molecule has 1 aromatic rings. The minimum Gasteiger partial charge on any atom is -0.477 e. The molecular weight excluding hydrogens is 262 g/mol. The Kier molecular flexibility index (Phi) is 4.67. The lowest BCUT2D eigenvalue weighted by atomic mass is 10.2. The summed E-state index contributed by atoms with van der Waals surface area (Å²) in [6.45, 7) is 0.842. The number of rotatable bonds is 6. The molecule has 0 saturated carbocycles. The second-order valence-electron chi connectivity index (χ2n) is 3.95. The van der Waals surface area contributed by atoms with Crippen LogP contribution in [0.1, 0.15) is 15.2 Å². The molecule has 1 rings (SSSR count). The van der Waals surface area contributed by atoms with Crippen LogP contribution in [0.3, 0.4) is 0 Å². The number of nitrogens with zero attached hydrogens (tertiary/aromatic N) is 1. The van der Waals surface area contributed by atoms with Gasteiger partial charge in [0, 0.05) is 19.3 Å². The SMILES string of the molecule is CN(CCS(C)(=O)=O)Cc1ccsc1C(=O)O. The maximum Gasteiger partial charge on any atom is 0.346 e. The van der Waals surface area contributed by atoms with E-state index in [9.17, 15) is 13.2 Å². The lowest BCUT2D eigenvalue weighted by molar-refractivity contribution is 0.0700. The third kappa shape index (κ3) is 4.84. The second-order valence-corrected chi connectivity index (χ2v) is 7.12. The molecule has 7 heteroatoms. The summed E-state index contributed by atoms with van der Waals surface area (Å²) in [5, 5.41) is 10.6. The van der Waals surface area contributed by atoms with E-state index >= 15 is 0 Å². The van der Waals surface area contributed by atoms with Gasteiger partial charge in [-0.2, -0.15) is 0 Å². The van der Waals surface area contributed by atoms with Gasteiger partial charge < -0.3 is 10.0 Å². The maximum atomic E-state index is 11.0. The molecule has 1 heterocycles. The molecule has 0 aromatic carbocycles. The highest BCUT2D eigenvalue weighted by Gasteiger charge is 2.13. The molecule has 0 aliphatic rings. The summed E-state index contributed by atoms with van der Waals surface area (Å²) >= 11 is 1.18. The van der Waals surface area contributed by atoms with E-state index in [-0.39, 0.29) is 5.75 Å². The molecule has 0 radical (unpaired) electrons. The van der Waals surface area contributed by atoms with Crippen LogP contribution in [0, 0.1) is 0 Å². The third-order valence-electron chi connectivity index (χ3n) is 2.23. The maximum absolute atomic E-state index is 11.0. The number of carboxylic acids is 1. The first-order valence-corrected chi connectivity index (χ1v) is 7.89. The largest absolute Gasteiger partial charge is 0.477 e. The number of carboxylic acid groups (broad SMARTS) is 1. The fraction of sp³-hybridized carbons (Fsp3) is 0.500. The van der Waals surface area contributed by atoms with Crippen molar-refractivity contribution in [2.45, 2.75) is 6.54 Å². The summed E-state index contributed by atoms with van der Waals surface area (Å²) in [6.07, 6.45) is 1.19. The fourth-order valence-corrected chi connectivity index (χ4v) is 2.74. The quantitative estimate of drug-likeness (QED) is 0.837. The summed E-state index contributed by atoms with van der Waals surface area (Å²) in [5.74, 6) is -0.859. The molecular formula is C10H15NO4S2. The zero-order valence-electron chi connectivity index (χ0n) is 9.71. The zero-order chi connectivity index (χ0) is 13.1. The van der Waals surface area contributed by atoms with Gasteiger partial charge in [-0.05, 0) is 24.1 Å². The van der Waals surface area contributed by atoms with Crippen LogP contribution in [0.4, 0.5) is 0 Å². The third-order valence-corrected chi connectivity index (χ3v) is 4.09. The first-order valence-electron chi connectivity index (χ1n) is 4.95. The molecule has 0 aliphatic carbocycles. The van der Waals surface area contributed by atoms with Crippen molar-refractivity contribution < 1.29 is 18.3 Å². The molecule has 0 aliphatic heterocycles. The van der Waals surface area contributed by atoms with Crippen LogP contribution in [0.2, 0.25) is 0 Å². The molecule has 1 N–H and O–H groups in total. The molecule has 0 unspecified atom stereocenters. The minimum atomic E-state index is -2.98. The molecule has 17 heavy (non-hydrogen) atoms. The average Bonchev–Trinajstić information content (AvgIpc) is 2.62. The van der Waals surface area contributed by atoms with Gasteiger partial charge in [-0.1, -0.05) is 0 Å². The van der Waals surface area contributed by atoms with Crippen LogP contribution in [0.25, 0.3) is 0 Å². The van der Waals surface area contributed by atoms with Gasteiger partial charge in [0.2, 0.25) is 0 Å². The lowest BCUT2D eigenvalue weighted by Crippen LogP contribution is -2.25. The van der Waals surface area contributed by atoms with Crippen molar-refractivity contribution in [1.82, 2.24) is 4.90 Å². The van der Waals surface area contributed by atoms with Gasteiger partial charge in [-0.25, -0.2) is 13.2 Å². The molecule has 0 spiro atoms. The summed E-state index contributed by atoms with van der Waals surface area (Å²) in [7, 11) is -1.21. The van der Waals surface area contributed by atoms with Gasteiger partial charge in [0.1, 0.15) is 14.7 Å². The van der Waals surface area contributed by atoms with Crippen molar-refractivity contribution >= 4 is 27.1 Å². The van der Waals surface area contributed by atoms with E-state index in [4.69, 9.17) is 5.11 Å². The molecule has 0 amide bonds. The van der Waals surface area contributed by atoms with E-state index in [1.54, 1.807) is 23.4 Å². The van der Waals surface area contributed by atoms with E-state index in [0.29, 0.717) is 18.0 Å². The normalized spacial score (nSPS) is 11.9. The highest BCUT2D eigenvalue weighted by Crippen LogP contribution is 2.18. The Balaban J connectivity index is 2.59.